The first-order valence-electron chi connectivity index (χ1n) is 7.23. The van der Waals surface area contributed by atoms with Crippen LogP contribution in [0, 0.1) is 5.82 Å². The Morgan fingerprint density at radius 1 is 1.33 bits per heavy atom. The summed E-state index contributed by atoms with van der Waals surface area (Å²) in [6.45, 7) is 0.775. The Morgan fingerprint density at radius 2 is 2.12 bits per heavy atom. The van der Waals surface area contributed by atoms with Crippen molar-refractivity contribution in [3.63, 3.8) is 0 Å². The quantitative estimate of drug-likeness (QED) is 0.697. The van der Waals surface area contributed by atoms with Gasteiger partial charge in [0.1, 0.15) is 5.82 Å². The highest BCUT2D eigenvalue weighted by molar-refractivity contribution is 7.13. The molecule has 3 aromatic rings. The molecular weight excluding hydrogens is 331 g/mol. The van der Waals surface area contributed by atoms with Gasteiger partial charge in [0.05, 0.1) is 17.2 Å². The van der Waals surface area contributed by atoms with E-state index in [9.17, 15) is 9.18 Å². The summed E-state index contributed by atoms with van der Waals surface area (Å²) in [6.07, 6.45) is 0. The lowest BCUT2D eigenvalue weighted by molar-refractivity contribution is 0.0927. The minimum atomic E-state index is -0.384. The number of benzene rings is 1. The van der Waals surface area contributed by atoms with Crippen molar-refractivity contribution in [3.05, 3.63) is 53.4 Å². The van der Waals surface area contributed by atoms with Gasteiger partial charge in [-0.15, -0.1) is 16.4 Å². The molecular formula is C16H15FN4O2S. The van der Waals surface area contributed by atoms with E-state index in [-0.39, 0.29) is 17.5 Å². The Balaban J connectivity index is 1.97. The summed E-state index contributed by atoms with van der Waals surface area (Å²) < 4.78 is 19.6. The molecule has 0 spiro atoms. The maximum absolute atomic E-state index is 13.2. The molecule has 24 heavy (non-hydrogen) atoms. The van der Waals surface area contributed by atoms with Gasteiger partial charge in [-0.3, -0.25) is 4.79 Å². The van der Waals surface area contributed by atoms with Gasteiger partial charge in [0.2, 0.25) is 5.82 Å². The van der Waals surface area contributed by atoms with Crippen LogP contribution in [0.2, 0.25) is 0 Å². The zero-order chi connectivity index (χ0) is 16.9. The number of halogens is 1. The molecule has 0 fully saturated rings. The van der Waals surface area contributed by atoms with Gasteiger partial charge in [0.25, 0.3) is 5.91 Å². The molecule has 0 aliphatic heterocycles. The number of aromatic nitrogens is 3. The van der Waals surface area contributed by atoms with Crippen LogP contribution in [0.3, 0.4) is 0 Å². The fourth-order valence-electron chi connectivity index (χ4n) is 2.08. The van der Waals surface area contributed by atoms with E-state index in [0.717, 1.165) is 4.88 Å². The molecule has 124 valence electrons. The van der Waals surface area contributed by atoms with E-state index in [1.54, 1.807) is 19.2 Å². The minimum absolute atomic E-state index is 0.0545. The summed E-state index contributed by atoms with van der Waals surface area (Å²) in [5.74, 6) is -0.132. The molecule has 3 rings (SSSR count). The number of carbonyl (C=O) groups is 1. The summed E-state index contributed by atoms with van der Waals surface area (Å²) in [7, 11) is 1.56. The highest BCUT2D eigenvalue weighted by Crippen LogP contribution is 2.25. The summed E-state index contributed by atoms with van der Waals surface area (Å²) in [4.78, 5) is 17.4. The standard InChI is InChI=1S/C16H15FN4O2S/c1-23-9-8-18-16(22)14-19-15(13-3-2-10-24-13)21(20-14)12-6-4-11(17)5-7-12/h2-7,10H,8-9H2,1H3,(H,18,22). The average molecular weight is 346 g/mol. The van der Waals surface area contributed by atoms with Crippen molar-refractivity contribution in [2.45, 2.75) is 0 Å². The van der Waals surface area contributed by atoms with Crippen molar-refractivity contribution in [1.29, 1.82) is 0 Å². The number of carbonyl (C=O) groups excluding carboxylic acids is 1. The molecule has 1 amide bonds. The number of nitrogens with one attached hydrogen (secondary N) is 1. The van der Waals surface area contributed by atoms with E-state index in [2.05, 4.69) is 15.4 Å². The molecule has 0 radical (unpaired) electrons. The third-order valence-electron chi connectivity index (χ3n) is 3.21. The number of hydrogen-bond donors (Lipinski definition) is 1. The van der Waals surface area contributed by atoms with Crippen molar-refractivity contribution in [2.75, 3.05) is 20.3 Å². The van der Waals surface area contributed by atoms with Gasteiger partial charge in [0.15, 0.2) is 5.82 Å². The fraction of sp³-hybridized carbons (Fsp3) is 0.188. The van der Waals surface area contributed by atoms with E-state index < -0.39 is 0 Å². The lowest BCUT2D eigenvalue weighted by Gasteiger charge is -2.04. The maximum Gasteiger partial charge on any atom is 0.291 e. The summed E-state index contributed by atoms with van der Waals surface area (Å²) in [5.41, 5.74) is 0.628. The molecule has 0 atom stereocenters. The molecule has 0 aliphatic carbocycles. The van der Waals surface area contributed by atoms with Crippen LogP contribution in [0.1, 0.15) is 10.6 Å². The van der Waals surface area contributed by atoms with Crippen molar-refractivity contribution >= 4 is 17.2 Å². The number of hydrogen-bond acceptors (Lipinski definition) is 5. The first-order chi connectivity index (χ1) is 11.7. The maximum atomic E-state index is 13.2. The minimum Gasteiger partial charge on any atom is -0.383 e. The number of ether oxygens (including phenoxy) is 1. The number of thiophene rings is 1. The van der Waals surface area contributed by atoms with Crippen LogP contribution >= 0.6 is 11.3 Å². The first kappa shape index (κ1) is 16.3. The number of nitrogens with zero attached hydrogens (tertiary/aromatic N) is 3. The van der Waals surface area contributed by atoms with E-state index in [1.165, 1.54) is 28.2 Å². The Labute approximate surface area is 141 Å². The van der Waals surface area contributed by atoms with Gasteiger partial charge in [-0.1, -0.05) is 6.07 Å². The van der Waals surface area contributed by atoms with E-state index in [1.807, 2.05) is 17.5 Å². The average Bonchev–Trinajstić information content (AvgIpc) is 3.25. The molecule has 1 N–H and O–H groups in total. The SMILES string of the molecule is COCCNC(=O)c1nc(-c2cccs2)n(-c2ccc(F)cc2)n1. The Kier molecular flexibility index (Phi) is 4.97. The third kappa shape index (κ3) is 3.50. The van der Waals surface area contributed by atoms with Crippen LogP contribution in [0.5, 0.6) is 0 Å². The molecule has 6 nitrogen and oxygen atoms in total. The lowest BCUT2D eigenvalue weighted by atomic mass is 10.3. The molecule has 0 unspecified atom stereocenters. The summed E-state index contributed by atoms with van der Waals surface area (Å²) >= 11 is 1.49. The molecule has 2 aromatic heterocycles. The zero-order valence-electron chi connectivity index (χ0n) is 12.9. The van der Waals surface area contributed by atoms with E-state index in [0.29, 0.717) is 24.7 Å². The smallest absolute Gasteiger partial charge is 0.291 e. The highest BCUT2D eigenvalue weighted by atomic mass is 32.1. The fourth-order valence-corrected chi connectivity index (χ4v) is 2.78. The topological polar surface area (TPSA) is 69.0 Å². The molecule has 0 saturated heterocycles. The van der Waals surface area contributed by atoms with Crippen molar-refractivity contribution in [1.82, 2.24) is 20.1 Å². The summed E-state index contributed by atoms with van der Waals surface area (Å²) in [6, 6.07) is 9.64. The van der Waals surface area contributed by atoms with Crippen molar-refractivity contribution in [3.8, 4) is 16.4 Å². The second kappa shape index (κ2) is 7.33. The Bertz CT molecular complexity index is 815. The second-order valence-electron chi connectivity index (χ2n) is 4.87. The molecule has 2 heterocycles. The Hall–Kier alpha value is -2.58. The van der Waals surface area contributed by atoms with Gasteiger partial charge in [-0.05, 0) is 35.7 Å². The van der Waals surface area contributed by atoms with Gasteiger partial charge >= 0.3 is 0 Å². The van der Waals surface area contributed by atoms with Crippen LogP contribution in [-0.4, -0.2) is 40.9 Å². The van der Waals surface area contributed by atoms with Gasteiger partial charge in [-0.25, -0.2) is 14.1 Å². The first-order valence-corrected chi connectivity index (χ1v) is 8.11. The predicted octanol–water partition coefficient (Wildman–Crippen LogP) is 2.51. The van der Waals surface area contributed by atoms with Crippen LogP contribution < -0.4 is 5.32 Å². The van der Waals surface area contributed by atoms with Crippen LogP contribution in [0.25, 0.3) is 16.4 Å². The largest absolute Gasteiger partial charge is 0.383 e. The molecule has 8 heteroatoms. The normalized spacial score (nSPS) is 10.8. The molecule has 0 aliphatic rings. The Morgan fingerprint density at radius 3 is 2.79 bits per heavy atom. The van der Waals surface area contributed by atoms with Crippen molar-refractivity contribution < 1.29 is 13.9 Å². The highest BCUT2D eigenvalue weighted by Gasteiger charge is 2.19. The van der Waals surface area contributed by atoms with E-state index in [4.69, 9.17) is 4.74 Å². The lowest BCUT2D eigenvalue weighted by Crippen LogP contribution is -2.28. The predicted molar refractivity (Wildman–Crippen MR) is 88.8 cm³/mol. The molecule has 0 saturated carbocycles. The van der Waals surface area contributed by atoms with Crippen molar-refractivity contribution in [2.24, 2.45) is 0 Å². The molecule has 0 bridgehead atoms. The monoisotopic (exact) mass is 346 g/mol. The number of rotatable bonds is 6. The van der Waals surface area contributed by atoms with Gasteiger partial charge in [-0.2, -0.15) is 0 Å². The molecule has 1 aromatic carbocycles. The van der Waals surface area contributed by atoms with Crippen LogP contribution in [-0.2, 0) is 4.74 Å². The van der Waals surface area contributed by atoms with Crippen LogP contribution in [0.4, 0.5) is 4.39 Å². The van der Waals surface area contributed by atoms with E-state index >= 15 is 0 Å². The van der Waals surface area contributed by atoms with Gasteiger partial charge < -0.3 is 10.1 Å². The summed E-state index contributed by atoms with van der Waals surface area (Å²) in [5, 5.41) is 8.88. The van der Waals surface area contributed by atoms with Crippen LogP contribution in [0.15, 0.2) is 41.8 Å². The third-order valence-corrected chi connectivity index (χ3v) is 4.08. The zero-order valence-corrected chi connectivity index (χ0v) is 13.7. The number of methoxy groups -OCH3 is 1. The van der Waals surface area contributed by atoms with Gasteiger partial charge in [0, 0.05) is 13.7 Å². The second-order valence-corrected chi connectivity index (χ2v) is 5.82. The number of amides is 1.